The van der Waals surface area contributed by atoms with Gasteiger partial charge in [0.25, 0.3) is 5.69 Å². The third-order valence-electron chi connectivity index (χ3n) is 3.08. The highest BCUT2D eigenvalue weighted by molar-refractivity contribution is 9.10. The fraction of sp³-hybridized carbons (Fsp3) is 0. The minimum absolute atomic E-state index is 0.0157. The molecule has 0 fully saturated rings. The van der Waals surface area contributed by atoms with Crippen LogP contribution in [0.1, 0.15) is 0 Å². The van der Waals surface area contributed by atoms with E-state index >= 15 is 0 Å². The van der Waals surface area contributed by atoms with Gasteiger partial charge in [0.05, 0.1) is 10.3 Å². The van der Waals surface area contributed by atoms with Crippen molar-refractivity contribution in [1.82, 2.24) is 0 Å². The van der Waals surface area contributed by atoms with Crippen molar-refractivity contribution in [1.29, 1.82) is 0 Å². The summed E-state index contributed by atoms with van der Waals surface area (Å²) >= 11 is 3.25. The molecule has 0 aliphatic rings. The van der Waals surface area contributed by atoms with Crippen LogP contribution in [0.5, 0.6) is 0 Å². The van der Waals surface area contributed by atoms with Crippen LogP contribution < -0.4 is 5.43 Å². The van der Waals surface area contributed by atoms with Gasteiger partial charge in [-0.3, -0.25) is 14.9 Å². The van der Waals surface area contributed by atoms with Gasteiger partial charge in [0.1, 0.15) is 10.1 Å². The number of benzene rings is 2. The molecule has 0 amide bonds. The normalized spacial score (nSPS) is 10.7. The van der Waals surface area contributed by atoms with Crippen molar-refractivity contribution in [2.45, 2.75) is 0 Å². The summed E-state index contributed by atoms with van der Waals surface area (Å²) in [7, 11) is 0. The molecule has 1 heterocycles. The standard InChI is InChI=1S/C15H8BrNO4/c16-13-14(18)11-3-1-2-4-12(11)21-15(13)9-5-7-10(8-6-9)17(19)20/h1-8H. The Morgan fingerprint density at radius 1 is 1.05 bits per heavy atom. The number of nitro benzene ring substituents is 1. The van der Waals surface area contributed by atoms with E-state index < -0.39 is 4.92 Å². The van der Waals surface area contributed by atoms with Crippen molar-refractivity contribution in [3.8, 4) is 11.3 Å². The Kier molecular flexibility index (Phi) is 3.31. The number of fused-ring (bicyclic) bond motifs is 1. The van der Waals surface area contributed by atoms with Crippen LogP contribution in [-0.2, 0) is 0 Å². The van der Waals surface area contributed by atoms with Crippen LogP contribution in [0.15, 0.2) is 62.2 Å². The number of hydrogen-bond donors (Lipinski definition) is 0. The zero-order valence-electron chi connectivity index (χ0n) is 10.6. The molecule has 2 aromatic carbocycles. The molecule has 21 heavy (non-hydrogen) atoms. The Balaban J connectivity index is 2.22. The summed E-state index contributed by atoms with van der Waals surface area (Å²) in [6, 6.07) is 12.8. The largest absolute Gasteiger partial charge is 0.455 e. The van der Waals surface area contributed by atoms with Crippen molar-refractivity contribution < 1.29 is 9.34 Å². The third-order valence-corrected chi connectivity index (χ3v) is 3.80. The van der Waals surface area contributed by atoms with E-state index in [1.165, 1.54) is 12.1 Å². The quantitative estimate of drug-likeness (QED) is 0.517. The van der Waals surface area contributed by atoms with E-state index in [0.29, 0.717) is 26.8 Å². The SMILES string of the molecule is O=c1c(Br)c(-c2ccc([N+](=O)[O-])cc2)oc2ccccc12. The van der Waals surface area contributed by atoms with Crippen LogP contribution in [0.2, 0.25) is 0 Å². The maximum atomic E-state index is 12.3. The van der Waals surface area contributed by atoms with E-state index in [1.807, 2.05) is 0 Å². The van der Waals surface area contributed by atoms with Gasteiger partial charge in [-0.25, -0.2) is 0 Å². The number of halogens is 1. The van der Waals surface area contributed by atoms with Gasteiger partial charge < -0.3 is 4.42 Å². The predicted molar refractivity (Wildman–Crippen MR) is 82.3 cm³/mol. The maximum absolute atomic E-state index is 12.3. The first-order chi connectivity index (χ1) is 10.1. The van der Waals surface area contributed by atoms with E-state index in [4.69, 9.17) is 4.42 Å². The van der Waals surface area contributed by atoms with Crippen LogP contribution in [0.4, 0.5) is 5.69 Å². The highest BCUT2D eigenvalue weighted by atomic mass is 79.9. The second-order valence-electron chi connectivity index (χ2n) is 4.37. The molecule has 0 aliphatic heterocycles. The van der Waals surface area contributed by atoms with Crippen molar-refractivity contribution in [2.75, 3.05) is 0 Å². The number of nitro groups is 1. The summed E-state index contributed by atoms with van der Waals surface area (Å²) in [5.41, 5.74) is 0.873. The lowest BCUT2D eigenvalue weighted by Gasteiger charge is -2.05. The Bertz CT molecular complexity index is 900. The number of hydrogen-bond acceptors (Lipinski definition) is 4. The Morgan fingerprint density at radius 3 is 2.38 bits per heavy atom. The molecule has 104 valence electrons. The van der Waals surface area contributed by atoms with Crippen LogP contribution >= 0.6 is 15.9 Å². The van der Waals surface area contributed by atoms with E-state index in [-0.39, 0.29) is 11.1 Å². The Morgan fingerprint density at radius 2 is 1.71 bits per heavy atom. The van der Waals surface area contributed by atoms with Crippen molar-refractivity contribution in [3.05, 3.63) is 73.3 Å². The van der Waals surface area contributed by atoms with Crippen LogP contribution in [0, 0.1) is 10.1 Å². The average molecular weight is 346 g/mol. The molecular formula is C15H8BrNO4. The summed E-state index contributed by atoms with van der Waals surface area (Å²) in [6.45, 7) is 0. The smallest absolute Gasteiger partial charge is 0.269 e. The molecule has 0 spiro atoms. The van der Waals surface area contributed by atoms with E-state index in [0.717, 1.165) is 0 Å². The lowest BCUT2D eigenvalue weighted by atomic mass is 10.1. The highest BCUT2D eigenvalue weighted by Crippen LogP contribution is 2.30. The first-order valence-corrected chi connectivity index (χ1v) is 6.83. The first-order valence-electron chi connectivity index (χ1n) is 6.04. The molecule has 3 rings (SSSR count). The first kappa shape index (κ1) is 13.5. The molecule has 0 saturated heterocycles. The second kappa shape index (κ2) is 5.14. The zero-order valence-corrected chi connectivity index (χ0v) is 12.2. The van der Waals surface area contributed by atoms with Gasteiger partial charge in [0.15, 0.2) is 5.76 Å². The molecule has 0 N–H and O–H groups in total. The van der Waals surface area contributed by atoms with Crippen LogP contribution in [0.25, 0.3) is 22.3 Å². The Labute approximate surface area is 127 Å². The van der Waals surface area contributed by atoms with Crippen molar-refractivity contribution in [3.63, 3.8) is 0 Å². The summed E-state index contributed by atoms with van der Waals surface area (Å²) in [5, 5.41) is 11.1. The minimum Gasteiger partial charge on any atom is -0.455 e. The molecule has 5 nitrogen and oxygen atoms in total. The minimum atomic E-state index is -0.477. The van der Waals surface area contributed by atoms with Crippen molar-refractivity contribution >= 4 is 32.6 Å². The van der Waals surface area contributed by atoms with Crippen LogP contribution in [-0.4, -0.2) is 4.92 Å². The fourth-order valence-electron chi connectivity index (χ4n) is 2.04. The zero-order chi connectivity index (χ0) is 15.0. The summed E-state index contributed by atoms with van der Waals surface area (Å²) in [5.74, 6) is 0.355. The fourth-order valence-corrected chi connectivity index (χ4v) is 2.56. The summed E-state index contributed by atoms with van der Waals surface area (Å²) < 4.78 is 6.04. The molecule has 1 aromatic heterocycles. The summed E-state index contributed by atoms with van der Waals surface area (Å²) in [6.07, 6.45) is 0. The monoisotopic (exact) mass is 345 g/mol. The predicted octanol–water partition coefficient (Wildman–Crippen LogP) is 4.13. The topological polar surface area (TPSA) is 73.3 Å². The number of para-hydroxylation sites is 1. The highest BCUT2D eigenvalue weighted by Gasteiger charge is 2.14. The van der Waals surface area contributed by atoms with Gasteiger partial charge in [-0.15, -0.1) is 0 Å². The number of nitrogens with zero attached hydrogens (tertiary/aromatic N) is 1. The summed E-state index contributed by atoms with van der Waals surface area (Å²) in [4.78, 5) is 22.5. The molecule has 0 unspecified atom stereocenters. The van der Waals surface area contributed by atoms with Gasteiger partial charge in [0.2, 0.25) is 5.43 Å². The van der Waals surface area contributed by atoms with Gasteiger partial charge in [-0.05, 0) is 40.2 Å². The van der Waals surface area contributed by atoms with Gasteiger partial charge in [-0.2, -0.15) is 0 Å². The third kappa shape index (κ3) is 2.34. The second-order valence-corrected chi connectivity index (χ2v) is 5.17. The molecule has 0 saturated carbocycles. The van der Waals surface area contributed by atoms with E-state index in [9.17, 15) is 14.9 Å². The molecule has 0 radical (unpaired) electrons. The van der Waals surface area contributed by atoms with Crippen LogP contribution in [0.3, 0.4) is 0 Å². The molecule has 0 bridgehead atoms. The van der Waals surface area contributed by atoms with Gasteiger partial charge in [-0.1, -0.05) is 12.1 Å². The average Bonchev–Trinajstić information content (AvgIpc) is 2.51. The van der Waals surface area contributed by atoms with Crippen molar-refractivity contribution in [2.24, 2.45) is 0 Å². The lowest BCUT2D eigenvalue weighted by molar-refractivity contribution is -0.384. The Hall–Kier alpha value is -2.47. The molecule has 0 atom stereocenters. The number of rotatable bonds is 2. The van der Waals surface area contributed by atoms with E-state index in [2.05, 4.69) is 15.9 Å². The maximum Gasteiger partial charge on any atom is 0.269 e. The lowest BCUT2D eigenvalue weighted by Crippen LogP contribution is -2.03. The molecule has 6 heteroatoms. The molecule has 0 aliphatic carbocycles. The molecule has 3 aromatic rings. The van der Waals surface area contributed by atoms with Gasteiger partial charge >= 0.3 is 0 Å². The molecular weight excluding hydrogens is 338 g/mol. The number of non-ortho nitro benzene ring substituents is 1. The van der Waals surface area contributed by atoms with Gasteiger partial charge in [0, 0.05) is 17.7 Å². The van der Waals surface area contributed by atoms with E-state index in [1.54, 1.807) is 36.4 Å².